The van der Waals surface area contributed by atoms with Crippen molar-refractivity contribution >= 4 is 0 Å². The monoisotopic (exact) mass is 191 g/mol. The first-order chi connectivity index (χ1) is 6.81. The van der Waals surface area contributed by atoms with Crippen LogP contribution < -0.4 is 5.73 Å². The van der Waals surface area contributed by atoms with Gasteiger partial charge in [-0.25, -0.2) is 0 Å². The van der Waals surface area contributed by atoms with Gasteiger partial charge in [-0.3, -0.25) is 9.88 Å². The van der Waals surface area contributed by atoms with Crippen LogP contribution in [0.4, 0.5) is 0 Å². The summed E-state index contributed by atoms with van der Waals surface area (Å²) in [7, 11) is 0. The van der Waals surface area contributed by atoms with Gasteiger partial charge in [0.2, 0.25) is 0 Å². The summed E-state index contributed by atoms with van der Waals surface area (Å²) in [6.45, 7) is 5.02. The van der Waals surface area contributed by atoms with Crippen LogP contribution in [0.25, 0.3) is 0 Å². The minimum Gasteiger partial charge on any atom is -0.329 e. The number of likely N-dealkylation sites (tertiary alicyclic amines) is 1. The first-order valence-electron chi connectivity index (χ1n) is 5.16. The fraction of sp³-hybridized carbons (Fsp3) is 0.545. The van der Waals surface area contributed by atoms with Gasteiger partial charge in [0.25, 0.3) is 0 Å². The lowest BCUT2D eigenvalue weighted by atomic mass is 10.0. The van der Waals surface area contributed by atoms with Gasteiger partial charge in [-0.2, -0.15) is 0 Å². The van der Waals surface area contributed by atoms with Crippen molar-refractivity contribution in [2.75, 3.05) is 13.1 Å². The maximum atomic E-state index is 5.66. The van der Waals surface area contributed by atoms with Crippen LogP contribution in [0.3, 0.4) is 0 Å². The minimum absolute atomic E-state index is 0.592. The number of nitrogens with zero attached hydrogens (tertiary/aromatic N) is 2. The lowest BCUT2D eigenvalue weighted by Gasteiger charge is -2.40. The lowest BCUT2D eigenvalue weighted by molar-refractivity contribution is 0.0878. The van der Waals surface area contributed by atoms with E-state index in [9.17, 15) is 0 Å². The van der Waals surface area contributed by atoms with Crippen LogP contribution in [0.2, 0.25) is 0 Å². The highest BCUT2D eigenvalue weighted by atomic mass is 15.2. The molecule has 0 bridgehead atoms. The predicted octanol–water partition coefficient (Wildman–Crippen LogP) is 0.923. The van der Waals surface area contributed by atoms with E-state index < -0.39 is 0 Å². The highest BCUT2D eigenvalue weighted by molar-refractivity contribution is 5.18. The molecule has 0 spiro atoms. The summed E-state index contributed by atoms with van der Waals surface area (Å²) in [5.74, 6) is 0. The molecule has 3 nitrogen and oxygen atoms in total. The van der Waals surface area contributed by atoms with Crippen LogP contribution in [0, 0.1) is 6.92 Å². The van der Waals surface area contributed by atoms with Crippen LogP contribution >= 0.6 is 0 Å². The standard InChI is InChI=1S/C11H17N3/c1-9-10(3-2-5-13-9)8-14-6-4-11(14)7-12/h2-3,5,11H,4,6-8,12H2,1H3. The van der Waals surface area contributed by atoms with Gasteiger partial charge >= 0.3 is 0 Å². The average molecular weight is 191 g/mol. The number of pyridine rings is 1. The normalized spacial score (nSPS) is 22.0. The third kappa shape index (κ3) is 1.79. The fourth-order valence-electron chi connectivity index (χ4n) is 1.87. The third-order valence-corrected chi connectivity index (χ3v) is 3.03. The molecule has 14 heavy (non-hydrogen) atoms. The van der Waals surface area contributed by atoms with Gasteiger partial charge in [-0.1, -0.05) is 6.07 Å². The number of rotatable bonds is 3. The Bertz CT molecular complexity index is 309. The van der Waals surface area contributed by atoms with Crippen LogP contribution in [-0.2, 0) is 6.54 Å². The van der Waals surface area contributed by atoms with Crippen molar-refractivity contribution < 1.29 is 0 Å². The van der Waals surface area contributed by atoms with Crippen LogP contribution in [0.1, 0.15) is 17.7 Å². The summed E-state index contributed by atoms with van der Waals surface area (Å²) in [5.41, 5.74) is 8.12. The van der Waals surface area contributed by atoms with Crippen LogP contribution in [0.5, 0.6) is 0 Å². The number of nitrogens with two attached hydrogens (primary N) is 1. The fourth-order valence-corrected chi connectivity index (χ4v) is 1.87. The molecule has 76 valence electrons. The van der Waals surface area contributed by atoms with E-state index in [0.717, 1.165) is 18.8 Å². The average Bonchev–Trinajstić information content (AvgIpc) is 2.15. The smallest absolute Gasteiger partial charge is 0.0417 e. The third-order valence-electron chi connectivity index (χ3n) is 3.03. The SMILES string of the molecule is Cc1ncccc1CN1CCC1CN. The van der Waals surface area contributed by atoms with Crippen molar-refractivity contribution in [3.63, 3.8) is 0 Å². The molecular weight excluding hydrogens is 174 g/mol. The van der Waals surface area contributed by atoms with E-state index in [0.29, 0.717) is 6.04 Å². The number of hydrogen-bond donors (Lipinski definition) is 1. The number of aryl methyl sites for hydroxylation is 1. The second-order valence-corrected chi connectivity index (χ2v) is 3.90. The van der Waals surface area contributed by atoms with Gasteiger partial charge in [-0.05, 0) is 25.0 Å². The van der Waals surface area contributed by atoms with E-state index in [-0.39, 0.29) is 0 Å². The quantitative estimate of drug-likeness (QED) is 0.772. The second-order valence-electron chi connectivity index (χ2n) is 3.90. The highest BCUT2D eigenvalue weighted by Gasteiger charge is 2.26. The van der Waals surface area contributed by atoms with Crippen molar-refractivity contribution in [3.05, 3.63) is 29.6 Å². The number of hydrogen-bond acceptors (Lipinski definition) is 3. The van der Waals surface area contributed by atoms with Gasteiger partial charge in [0.15, 0.2) is 0 Å². The van der Waals surface area contributed by atoms with E-state index in [4.69, 9.17) is 5.73 Å². The maximum Gasteiger partial charge on any atom is 0.0417 e. The molecule has 0 saturated carbocycles. The second kappa shape index (κ2) is 4.07. The molecule has 1 fully saturated rings. The summed E-state index contributed by atoms with van der Waals surface area (Å²) in [6, 6.07) is 4.74. The summed E-state index contributed by atoms with van der Waals surface area (Å²) >= 11 is 0. The molecule has 1 aromatic rings. The Kier molecular flexibility index (Phi) is 2.79. The molecule has 1 atom stereocenters. The van der Waals surface area contributed by atoms with Crippen molar-refractivity contribution in [3.8, 4) is 0 Å². The zero-order valence-corrected chi connectivity index (χ0v) is 8.61. The first-order valence-corrected chi connectivity index (χ1v) is 5.16. The Morgan fingerprint density at radius 3 is 3.07 bits per heavy atom. The van der Waals surface area contributed by atoms with Crippen LogP contribution in [0.15, 0.2) is 18.3 Å². The van der Waals surface area contributed by atoms with E-state index in [1.807, 2.05) is 12.3 Å². The maximum absolute atomic E-state index is 5.66. The van der Waals surface area contributed by atoms with Crippen LogP contribution in [-0.4, -0.2) is 29.0 Å². The lowest BCUT2D eigenvalue weighted by Crippen LogP contribution is -2.50. The molecule has 1 saturated heterocycles. The molecule has 1 unspecified atom stereocenters. The minimum atomic E-state index is 0.592. The van der Waals surface area contributed by atoms with E-state index >= 15 is 0 Å². The summed E-state index contributed by atoms with van der Waals surface area (Å²) < 4.78 is 0. The largest absolute Gasteiger partial charge is 0.329 e. The van der Waals surface area contributed by atoms with Gasteiger partial charge < -0.3 is 5.73 Å². The summed E-state index contributed by atoms with van der Waals surface area (Å²) in [5, 5.41) is 0. The molecule has 0 aromatic carbocycles. The molecule has 2 N–H and O–H groups in total. The molecule has 1 aromatic heterocycles. The zero-order valence-electron chi connectivity index (χ0n) is 8.61. The number of aromatic nitrogens is 1. The van der Waals surface area contributed by atoms with Gasteiger partial charge in [0, 0.05) is 37.6 Å². The molecule has 1 aliphatic heterocycles. The van der Waals surface area contributed by atoms with E-state index in [1.54, 1.807) is 0 Å². The van der Waals surface area contributed by atoms with Crippen molar-refractivity contribution in [2.24, 2.45) is 5.73 Å². The first kappa shape index (κ1) is 9.62. The Balaban J connectivity index is 2.01. The summed E-state index contributed by atoms with van der Waals surface area (Å²) in [4.78, 5) is 6.70. The molecule has 0 aliphatic carbocycles. The van der Waals surface area contributed by atoms with E-state index in [2.05, 4.69) is 22.9 Å². The topological polar surface area (TPSA) is 42.2 Å². The Labute approximate surface area is 84.9 Å². The van der Waals surface area contributed by atoms with Gasteiger partial charge in [0.05, 0.1) is 0 Å². The van der Waals surface area contributed by atoms with Gasteiger partial charge in [0.1, 0.15) is 0 Å². The zero-order chi connectivity index (χ0) is 9.97. The molecule has 0 radical (unpaired) electrons. The Morgan fingerprint density at radius 2 is 2.50 bits per heavy atom. The van der Waals surface area contributed by atoms with Crippen molar-refractivity contribution in [1.29, 1.82) is 0 Å². The summed E-state index contributed by atoms with van der Waals surface area (Å²) in [6.07, 6.45) is 3.09. The van der Waals surface area contributed by atoms with Crippen molar-refractivity contribution in [2.45, 2.75) is 25.9 Å². The molecule has 2 rings (SSSR count). The van der Waals surface area contributed by atoms with E-state index in [1.165, 1.54) is 18.5 Å². The molecule has 3 heteroatoms. The van der Waals surface area contributed by atoms with Gasteiger partial charge in [-0.15, -0.1) is 0 Å². The highest BCUT2D eigenvalue weighted by Crippen LogP contribution is 2.20. The predicted molar refractivity (Wildman–Crippen MR) is 56.8 cm³/mol. The molecule has 0 amide bonds. The van der Waals surface area contributed by atoms with Crippen molar-refractivity contribution in [1.82, 2.24) is 9.88 Å². The molecule has 2 heterocycles. The Morgan fingerprint density at radius 1 is 1.64 bits per heavy atom. The molecule has 1 aliphatic rings. The molecular formula is C11H17N3. The Hall–Kier alpha value is -0.930.